The van der Waals surface area contributed by atoms with E-state index in [1.54, 1.807) is 0 Å². The minimum absolute atomic E-state index is 0.118. The van der Waals surface area contributed by atoms with Gasteiger partial charge in [-0.15, -0.1) is 0 Å². The van der Waals surface area contributed by atoms with Crippen LogP contribution in [-0.2, 0) is 14.8 Å². The quantitative estimate of drug-likeness (QED) is 0.736. The second kappa shape index (κ2) is 7.85. The number of hydrogen-bond donors (Lipinski definition) is 1. The van der Waals surface area contributed by atoms with Crippen molar-refractivity contribution < 1.29 is 37.3 Å². The Labute approximate surface area is 162 Å². The summed E-state index contributed by atoms with van der Waals surface area (Å²) in [7, 11) is -1.36. The number of benzene rings is 2. The molecule has 150 valence electrons. The Kier molecular flexibility index (Phi) is 5.50. The fraction of sp³-hybridized carbons (Fsp3) is 0.278. The predicted molar refractivity (Wildman–Crippen MR) is 99.1 cm³/mol. The molecule has 0 unspecified atom stereocenters. The van der Waals surface area contributed by atoms with E-state index in [1.165, 1.54) is 50.6 Å². The van der Waals surface area contributed by atoms with E-state index in [1.807, 2.05) is 0 Å². The molecule has 0 aliphatic carbocycles. The number of anilines is 1. The van der Waals surface area contributed by atoms with Gasteiger partial charge >= 0.3 is 5.97 Å². The standard InChI is InChI=1S/C18H19NO8S/c1-24-14-5-3-12(9-16(14)25-2)19(11-18(20)21)28(22,23)13-4-6-15-17(10-13)27-8-7-26-15/h3-6,9-10H,7-8,11H2,1-2H3,(H,20,21). The highest BCUT2D eigenvalue weighted by atomic mass is 32.2. The van der Waals surface area contributed by atoms with Crippen molar-refractivity contribution in [3.63, 3.8) is 0 Å². The first-order valence-corrected chi connectivity index (χ1v) is 9.67. The molecular weight excluding hydrogens is 390 g/mol. The molecule has 9 nitrogen and oxygen atoms in total. The van der Waals surface area contributed by atoms with E-state index in [9.17, 15) is 18.3 Å². The Morgan fingerprint density at radius 1 is 1.04 bits per heavy atom. The Morgan fingerprint density at radius 3 is 2.36 bits per heavy atom. The number of carbonyl (C=O) groups is 1. The third kappa shape index (κ3) is 3.77. The molecule has 0 bridgehead atoms. The lowest BCUT2D eigenvalue weighted by atomic mass is 10.2. The van der Waals surface area contributed by atoms with Crippen LogP contribution in [0.4, 0.5) is 5.69 Å². The summed E-state index contributed by atoms with van der Waals surface area (Å²) in [4.78, 5) is 11.2. The van der Waals surface area contributed by atoms with Crippen molar-refractivity contribution in [2.24, 2.45) is 0 Å². The summed E-state index contributed by atoms with van der Waals surface area (Å²) < 4.78 is 48.4. The normalized spacial score (nSPS) is 12.9. The number of carboxylic acids is 1. The Hall–Kier alpha value is -3.14. The third-order valence-corrected chi connectivity index (χ3v) is 5.81. The molecule has 0 amide bonds. The van der Waals surface area contributed by atoms with E-state index < -0.39 is 22.5 Å². The maximum absolute atomic E-state index is 13.2. The van der Waals surface area contributed by atoms with E-state index in [2.05, 4.69) is 0 Å². The van der Waals surface area contributed by atoms with Gasteiger partial charge in [-0.05, 0) is 24.3 Å². The fourth-order valence-electron chi connectivity index (χ4n) is 2.73. The van der Waals surface area contributed by atoms with Crippen LogP contribution in [0.3, 0.4) is 0 Å². The van der Waals surface area contributed by atoms with Crippen LogP contribution in [0, 0.1) is 0 Å². The number of carboxylic acid groups (broad SMARTS) is 1. The SMILES string of the molecule is COc1ccc(N(CC(=O)O)S(=O)(=O)c2ccc3c(c2)OCCO3)cc1OC. The van der Waals surface area contributed by atoms with Gasteiger partial charge in [-0.25, -0.2) is 8.42 Å². The van der Waals surface area contributed by atoms with Crippen LogP contribution in [0.5, 0.6) is 23.0 Å². The van der Waals surface area contributed by atoms with Gasteiger partial charge in [0.2, 0.25) is 0 Å². The highest BCUT2D eigenvalue weighted by Crippen LogP contribution is 2.36. The molecule has 1 aliphatic heterocycles. The molecule has 0 saturated carbocycles. The number of sulfonamides is 1. The Morgan fingerprint density at radius 2 is 1.71 bits per heavy atom. The molecule has 1 N–H and O–H groups in total. The van der Waals surface area contributed by atoms with Gasteiger partial charge in [0, 0.05) is 12.1 Å². The summed E-state index contributed by atoms with van der Waals surface area (Å²) >= 11 is 0. The molecule has 1 aliphatic rings. The van der Waals surface area contributed by atoms with Gasteiger partial charge in [0.25, 0.3) is 10.0 Å². The average molecular weight is 409 g/mol. The Bertz CT molecular complexity index is 989. The summed E-state index contributed by atoms with van der Waals surface area (Å²) in [5.74, 6) is 0.0675. The summed E-state index contributed by atoms with van der Waals surface area (Å²) in [6.07, 6.45) is 0. The zero-order chi connectivity index (χ0) is 20.3. The van der Waals surface area contributed by atoms with Gasteiger partial charge in [-0.3, -0.25) is 9.10 Å². The van der Waals surface area contributed by atoms with Crippen molar-refractivity contribution >= 4 is 21.7 Å². The second-order valence-corrected chi connectivity index (χ2v) is 7.61. The maximum atomic E-state index is 13.2. The van der Waals surface area contributed by atoms with Crippen molar-refractivity contribution in [3.8, 4) is 23.0 Å². The second-order valence-electron chi connectivity index (χ2n) is 5.75. The molecule has 0 aromatic heterocycles. The highest BCUT2D eigenvalue weighted by molar-refractivity contribution is 7.92. The van der Waals surface area contributed by atoms with Gasteiger partial charge in [0.15, 0.2) is 23.0 Å². The van der Waals surface area contributed by atoms with Gasteiger partial charge < -0.3 is 24.1 Å². The number of aliphatic carboxylic acids is 1. The highest BCUT2D eigenvalue weighted by Gasteiger charge is 2.29. The van der Waals surface area contributed by atoms with E-state index in [-0.39, 0.29) is 22.1 Å². The molecular formula is C18H19NO8S. The van der Waals surface area contributed by atoms with Crippen LogP contribution in [-0.4, -0.2) is 53.5 Å². The molecule has 0 radical (unpaired) electrons. The average Bonchev–Trinajstić information content (AvgIpc) is 2.70. The van der Waals surface area contributed by atoms with Crippen molar-refractivity contribution in [2.45, 2.75) is 4.90 Å². The summed E-state index contributed by atoms with van der Waals surface area (Å²) in [6, 6.07) is 8.49. The van der Waals surface area contributed by atoms with Crippen molar-refractivity contribution in [1.29, 1.82) is 0 Å². The van der Waals surface area contributed by atoms with Crippen LogP contribution in [0.1, 0.15) is 0 Å². The summed E-state index contributed by atoms with van der Waals surface area (Å²) in [5, 5.41) is 9.27. The van der Waals surface area contributed by atoms with Gasteiger partial charge in [-0.2, -0.15) is 0 Å². The first kappa shape index (κ1) is 19.6. The minimum Gasteiger partial charge on any atom is -0.493 e. The minimum atomic E-state index is -4.21. The number of hydrogen-bond acceptors (Lipinski definition) is 7. The van der Waals surface area contributed by atoms with Crippen LogP contribution in [0.15, 0.2) is 41.3 Å². The number of nitrogens with zero attached hydrogens (tertiary/aromatic N) is 1. The molecule has 0 atom stereocenters. The fourth-order valence-corrected chi connectivity index (χ4v) is 4.15. The number of rotatable bonds is 7. The van der Waals surface area contributed by atoms with E-state index in [0.717, 1.165) is 4.31 Å². The zero-order valence-electron chi connectivity index (χ0n) is 15.2. The monoisotopic (exact) mass is 409 g/mol. The molecule has 2 aromatic rings. The van der Waals surface area contributed by atoms with Gasteiger partial charge in [-0.1, -0.05) is 0 Å². The lowest BCUT2D eigenvalue weighted by molar-refractivity contribution is -0.135. The van der Waals surface area contributed by atoms with Crippen LogP contribution >= 0.6 is 0 Å². The smallest absolute Gasteiger partial charge is 0.324 e. The molecule has 10 heteroatoms. The van der Waals surface area contributed by atoms with E-state index in [0.29, 0.717) is 24.7 Å². The molecule has 0 spiro atoms. The molecule has 1 heterocycles. The largest absolute Gasteiger partial charge is 0.493 e. The summed E-state index contributed by atoms with van der Waals surface area (Å²) in [6.45, 7) is -0.104. The topological polar surface area (TPSA) is 112 Å². The number of methoxy groups -OCH3 is 2. The Balaban J connectivity index is 2.07. The molecule has 2 aromatic carbocycles. The van der Waals surface area contributed by atoms with Crippen molar-refractivity contribution in [3.05, 3.63) is 36.4 Å². The number of ether oxygens (including phenoxy) is 4. The lowest BCUT2D eigenvalue weighted by Gasteiger charge is -2.25. The van der Waals surface area contributed by atoms with Crippen LogP contribution < -0.4 is 23.3 Å². The van der Waals surface area contributed by atoms with Crippen molar-refractivity contribution in [2.75, 3.05) is 38.3 Å². The number of fused-ring (bicyclic) bond motifs is 1. The van der Waals surface area contributed by atoms with E-state index in [4.69, 9.17) is 18.9 Å². The van der Waals surface area contributed by atoms with Crippen LogP contribution in [0.25, 0.3) is 0 Å². The molecule has 28 heavy (non-hydrogen) atoms. The molecule has 0 fully saturated rings. The van der Waals surface area contributed by atoms with Gasteiger partial charge in [0.05, 0.1) is 24.8 Å². The lowest BCUT2D eigenvalue weighted by Crippen LogP contribution is -2.35. The molecule has 3 rings (SSSR count). The summed E-state index contributed by atoms with van der Waals surface area (Å²) in [5.41, 5.74) is 0.120. The zero-order valence-corrected chi connectivity index (χ0v) is 16.1. The van der Waals surface area contributed by atoms with Crippen molar-refractivity contribution in [1.82, 2.24) is 0 Å². The maximum Gasteiger partial charge on any atom is 0.324 e. The van der Waals surface area contributed by atoms with Gasteiger partial charge in [0.1, 0.15) is 19.8 Å². The third-order valence-electron chi connectivity index (χ3n) is 4.04. The van der Waals surface area contributed by atoms with Crippen LogP contribution in [0.2, 0.25) is 0 Å². The first-order chi connectivity index (χ1) is 13.4. The molecule has 0 saturated heterocycles. The predicted octanol–water partition coefficient (Wildman–Crippen LogP) is 1.75. The van der Waals surface area contributed by atoms with E-state index >= 15 is 0 Å². The first-order valence-electron chi connectivity index (χ1n) is 8.23.